The fourth-order valence-electron chi connectivity index (χ4n) is 1.45. The number of nitrogens with zero attached hydrogens (tertiary/aromatic N) is 2. The van der Waals surface area contributed by atoms with Gasteiger partial charge < -0.3 is 5.73 Å². The molecule has 0 atom stereocenters. The third-order valence-corrected chi connectivity index (χ3v) is 2.25. The zero-order valence-corrected chi connectivity index (χ0v) is 8.64. The van der Waals surface area contributed by atoms with Gasteiger partial charge in [-0.2, -0.15) is 0 Å². The largest absolute Gasteiger partial charge is 0.398 e. The summed E-state index contributed by atoms with van der Waals surface area (Å²) in [5, 5.41) is 0. The molecule has 1 heterocycles. The number of anilines is 1. The van der Waals surface area contributed by atoms with E-state index in [-0.39, 0.29) is 0 Å². The van der Waals surface area contributed by atoms with Crippen molar-refractivity contribution in [3.8, 4) is 0 Å². The van der Waals surface area contributed by atoms with E-state index in [9.17, 15) is 0 Å². The second-order valence-corrected chi connectivity index (χ2v) is 3.49. The van der Waals surface area contributed by atoms with Gasteiger partial charge in [0, 0.05) is 24.0 Å². The Kier molecular flexibility index (Phi) is 2.63. The lowest BCUT2D eigenvalue weighted by atomic mass is 10.1. The topological polar surface area (TPSA) is 51.8 Å². The van der Waals surface area contributed by atoms with E-state index in [1.54, 1.807) is 6.20 Å². The average molecular weight is 199 g/mol. The van der Waals surface area contributed by atoms with E-state index < -0.39 is 0 Å². The van der Waals surface area contributed by atoms with Crippen molar-refractivity contribution in [1.82, 2.24) is 9.97 Å². The van der Waals surface area contributed by atoms with Crippen LogP contribution < -0.4 is 5.73 Å². The number of rotatable bonds is 2. The number of aromatic nitrogens is 2. The Labute approximate surface area is 89.0 Å². The quantitative estimate of drug-likeness (QED) is 0.752. The average Bonchev–Trinajstić information content (AvgIpc) is 2.22. The van der Waals surface area contributed by atoms with Crippen molar-refractivity contribution in [2.75, 3.05) is 5.73 Å². The number of aryl methyl sites for hydroxylation is 1. The number of nitrogen functional groups attached to an aromatic ring is 1. The molecule has 2 N–H and O–H groups in total. The number of hydrogen-bond donors (Lipinski definition) is 1. The first-order chi connectivity index (χ1) is 7.25. The molecule has 3 nitrogen and oxygen atoms in total. The Bertz CT molecular complexity index is 466. The van der Waals surface area contributed by atoms with Crippen LogP contribution in [0.1, 0.15) is 17.1 Å². The van der Waals surface area contributed by atoms with Crippen molar-refractivity contribution in [2.45, 2.75) is 13.3 Å². The predicted molar refractivity (Wildman–Crippen MR) is 60.4 cm³/mol. The van der Waals surface area contributed by atoms with Gasteiger partial charge >= 0.3 is 0 Å². The van der Waals surface area contributed by atoms with Gasteiger partial charge in [0.05, 0.1) is 0 Å². The summed E-state index contributed by atoms with van der Waals surface area (Å²) in [5.74, 6) is 0.813. The summed E-state index contributed by atoms with van der Waals surface area (Å²) in [6.07, 6.45) is 2.46. The maximum atomic E-state index is 5.85. The summed E-state index contributed by atoms with van der Waals surface area (Å²) < 4.78 is 0. The number of hydrogen-bond acceptors (Lipinski definition) is 3. The van der Waals surface area contributed by atoms with Crippen molar-refractivity contribution in [1.29, 1.82) is 0 Å². The molecule has 0 radical (unpaired) electrons. The maximum absolute atomic E-state index is 5.85. The van der Waals surface area contributed by atoms with Crippen molar-refractivity contribution in [3.05, 3.63) is 53.6 Å². The van der Waals surface area contributed by atoms with Crippen molar-refractivity contribution in [3.63, 3.8) is 0 Å². The van der Waals surface area contributed by atoms with Crippen molar-refractivity contribution in [2.24, 2.45) is 0 Å². The lowest BCUT2D eigenvalue weighted by Crippen LogP contribution is -2.00. The van der Waals surface area contributed by atoms with Crippen LogP contribution in [0.4, 0.5) is 5.69 Å². The van der Waals surface area contributed by atoms with E-state index in [4.69, 9.17) is 5.73 Å². The standard InChI is InChI=1S/C12H13N3/c1-9-6-7-14-12(15-9)8-10-4-2-3-5-11(10)13/h2-7H,8,13H2,1H3. The van der Waals surface area contributed by atoms with Crippen LogP contribution in [-0.2, 0) is 6.42 Å². The van der Waals surface area contributed by atoms with Crippen molar-refractivity contribution >= 4 is 5.69 Å². The summed E-state index contributed by atoms with van der Waals surface area (Å²) in [5.41, 5.74) is 8.70. The van der Waals surface area contributed by atoms with Gasteiger partial charge in [0.1, 0.15) is 5.82 Å². The Morgan fingerprint density at radius 1 is 1.20 bits per heavy atom. The zero-order chi connectivity index (χ0) is 10.7. The minimum absolute atomic E-state index is 0.689. The van der Waals surface area contributed by atoms with E-state index in [1.165, 1.54) is 0 Å². The SMILES string of the molecule is Cc1ccnc(Cc2ccccc2N)n1. The van der Waals surface area contributed by atoms with Crippen molar-refractivity contribution < 1.29 is 0 Å². The molecule has 0 bridgehead atoms. The predicted octanol–water partition coefficient (Wildman–Crippen LogP) is 1.96. The highest BCUT2D eigenvalue weighted by Crippen LogP contribution is 2.13. The van der Waals surface area contributed by atoms with Gasteiger partial charge in [0.2, 0.25) is 0 Å². The van der Waals surface area contributed by atoms with E-state index in [1.807, 2.05) is 37.3 Å². The lowest BCUT2D eigenvalue weighted by Gasteiger charge is -2.04. The first-order valence-corrected chi connectivity index (χ1v) is 4.87. The molecular weight excluding hydrogens is 186 g/mol. The fraction of sp³-hybridized carbons (Fsp3) is 0.167. The van der Waals surface area contributed by atoms with Crippen LogP contribution in [0.25, 0.3) is 0 Å². The summed E-state index contributed by atoms with van der Waals surface area (Å²) in [7, 11) is 0. The van der Waals surface area contributed by atoms with Gasteiger partial charge in [-0.1, -0.05) is 18.2 Å². The van der Waals surface area contributed by atoms with Crippen LogP contribution in [-0.4, -0.2) is 9.97 Å². The van der Waals surface area contributed by atoms with Crippen LogP contribution in [0.5, 0.6) is 0 Å². The third-order valence-electron chi connectivity index (χ3n) is 2.25. The molecule has 1 aromatic heterocycles. The number of nitrogens with two attached hydrogens (primary N) is 1. The molecule has 0 saturated heterocycles. The molecule has 0 fully saturated rings. The molecule has 0 amide bonds. The van der Waals surface area contributed by atoms with Crippen LogP contribution in [0, 0.1) is 6.92 Å². The lowest BCUT2D eigenvalue weighted by molar-refractivity contribution is 0.943. The maximum Gasteiger partial charge on any atom is 0.132 e. The molecule has 2 aromatic rings. The highest BCUT2D eigenvalue weighted by atomic mass is 14.9. The number of para-hydroxylation sites is 1. The molecule has 3 heteroatoms. The smallest absolute Gasteiger partial charge is 0.132 e. The Hall–Kier alpha value is -1.90. The van der Waals surface area contributed by atoms with Gasteiger partial charge in [0.15, 0.2) is 0 Å². The Balaban J connectivity index is 2.26. The molecule has 0 aliphatic carbocycles. The van der Waals surface area contributed by atoms with E-state index in [2.05, 4.69) is 9.97 Å². The van der Waals surface area contributed by atoms with E-state index in [0.29, 0.717) is 6.42 Å². The van der Waals surface area contributed by atoms with Crippen LogP contribution in [0.2, 0.25) is 0 Å². The van der Waals surface area contributed by atoms with Gasteiger partial charge in [-0.15, -0.1) is 0 Å². The van der Waals surface area contributed by atoms with Gasteiger partial charge in [-0.3, -0.25) is 0 Å². The third kappa shape index (κ3) is 2.31. The normalized spacial score (nSPS) is 10.2. The molecule has 0 spiro atoms. The second kappa shape index (κ2) is 4.09. The Morgan fingerprint density at radius 2 is 2.00 bits per heavy atom. The highest BCUT2D eigenvalue weighted by molar-refractivity contribution is 5.47. The van der Waals surface area contributed by atoms with E-state index in [0.717, 1.165) is 22.8 Å². The highest BCUT2D eigenvalue weighted by Gasteiger charge is 2.02. The molecule has 76 valence electrons. The second-order valence-electron chi connectivity index (χ2n) is 3.49. The van der Waals surface area contributed by atoms with E-state index >= 15 is 0 Å². The van der Waals surface area contributed by atoms with Crippen LogP contribution >= 0.6 is 0 Å². The zero-order valence-electron chi connectivity index (χ0n) is 8.64. The molecule has 0 unspecified atom stereocenters. The molecule has 0 aliphatic rings. The minimum atomic E-state index is 0.689. The molecule has 1 aromatic carbocycles. The van der Waals surface area contributed by atoms with Gasteiger partial charge in [-0.25, -0.2) is 9.97 Å². The first kappa shape index (κ1) is 9.65. The molecule has 0 saturated carbocycles. The summed E-state index contributed by atoms with van der Waals surface area (Å²) in [4.78, 5) is 8.55. The van der Waals surface area contributed by atoms with Gasteiger partial charge in [0.25, 0.3) is 0 Å². The molecular formula is C12H13N3. The first-order valence-electron chi connectivity index (χ1n) is 4.87. The molecule has 0 aliphatic heterocycles. The van der Waals surface area contributed by atoms with Crippen LogP contribution in [0.3, 0.4) is 0 Å². The van der Waals surface area contributed by atoms with Gasteiger partial charge in [-0.05, 0) is 24.6 Å². The number of benzene rings is 1. The summed E-state index contributed by atoms with van der Waals surface area (Å²) in [6.45, 7) is 1.96. The molecule has 2 rings (SSSR count). The monoisotopic (exact) mass is 199 g/mol. The fourth-order valence-corrected chi connectivity index (χ4v) is 1.45. The van der Waals surface area contributed by atoms with Crippen LogP contribution in [0.15, 0.2) is 36.5 Å². The Morgan fingerprint density at radius 3 is 2.73 bits per heavy atom. The molecule has 15 heavy (non-hydrogen) atoms. The minimum Gasteiger partial charge on any atom is -0.398 e. The summed E-state index contributed by atoms with van der Waals surface area (Å²) >= 11 is 0. The summed E-state index contributed by atoms with van der Waals surface area (Å²) in [6, 6.07) is 9.68.